The predicted molar refractivity (Wildman–Crippen MR) is 71.8 cm³/mol. The smallest absolute Gasteiger partial charge is 0.243 e. The summed E-state index contributed by atoms with van der Waals surface area (Å²) in [6, 6.07) is 1.39. The molecule has 0 amide bonds. The molecule has 0 aliphatic rings. The van der Waals surface area contributed by atoms with Crippen LogP contribution in [-0.2, 0) is 0 Å². The fourth-order valence-corrected chi connectivity index (χ4v) is 1.92. The van der Waals surface area contributed by atoms with Crippen LogP contribution in [0.4, 0.5) is 0 Å². The van der Waals surface area contributed by atoms with Crippen LogP contribution in [0.3, 0.4) is 0 Å². The summed E-state index contributed by atoms with van der Waals surface area (Å²) in [5, 5.41) is 3.87. The molecule has 8 heteroatoms. The molecule has 1 atom stereocenters. The largest absolute Gasteiger partial charge is 0.481 e. The maximum atomic E-state index is 5.96. The van der Waals surface area contributed by atoms with Crippen LogP contribution in [0.1, 0.15) is 18.4 Å². The van der Waals surface area contributed by atoms with Crippen molar-refractivity contribution in [3.63, 3.8) is 0 Å². The van der Waals surface area contributed by atoms with Gasteiger partial charge in [0.25, 0.3) is 0 Å². The van der Waals surface area contributed by atoms with Crippen LogP contribution in [0.5, 0.6) is 5.88 Å². The molecular weight excluding hydrogens is 266 g/mol. The third kappa shape index (κ3) is 3.42. The minimum absolute atomic E-state index is 0.252. The molecule has 0 aliphatic heterocycles. The van der Waals surface area contributed by atoms with Gasteiger partial charge in [0.15, 0.2) is 0 Å². The van der Waals surface area contributed by atoms with Crippen molar-refractivity contribution in [1.29, 1.82) is 0 Å². The van der Waals surface area contributed by atoms with E-state index in [1.807, 2.05) is 6.26 Å². The molecule has 0 saturated carbocycles. The van der Waals surface area contributed by atoms with E-state index in [9.17, 15) is 0 Å². The summed E-state index contributed by atoms with van der Waals surface area (Å²) in [6.45, 7) is 0. The highest BCUT2D eigenvalue weighted by molar-refractivity contribution is 7.98. The summed E-state index contributed by atoms with van der Waals surface area (Å²) in [5.74, 6) is 2.19. The zero-order valence-corrected chi connectivity index (χ0v) is 11.6. The number of ether oxygens (including phenoxy) is 1. The summed E-state index contributed by atoms with van der Waals surface area (Å²) in [6.07, 6.45) is 4.20. The van der Waals surface area contributed by atoms with Crippen molar-refractivity contribution in [2.45, 2.75) is 12.5 Å². The second kappa shape index (κ2) is 6.48. The molecule has 2 aromatic rings. The van der Waals surface area contributed by atoms with Gasteiger partial charge in [-0.2, -0.15) is 16.7 Å². The highest BCUT2D eigenvalue weighted by Crippen LogP contribution is 2.20. The van der Waals surface area contributed by atoms with Gasteiger partial charge < -0.3 is 15.0 Å². The maximum Gasteiger partial charge on any atom is 0.243 e. The summed E-state index contributed by atoms with van der Waals surface area (Å²) in [7, 11) is 1.53. The van der Waals surface area contributed by atoms with Crippen LogP contribution in [0.25, 0.3) is 11.5 Å². The van der Waals surface area contributed by atoms with Crippen LogP contribution in [0, 0.1) is 0 Å². The van der Waals surface area contributed by atoms with Crippen molar-refractivity contribution in [3.8, 4) is 17.4 Å². The zero-order valence-electron chi connectivity index (χ0n) is 10.7. The zero-order chi connectivity index (χ0) is 13.7. The Bertz CT molecular complexity index is 533. The highest BCUT2D eigenvalue weighted by atomic mass is 32.2. The fourth-order valence-electron chi connectivity index (χ4n) is 1.43. The maximum absolute atomic E-state index is 5.96. The van der Waals surface area contributed by atoms with Crippen LogP contribution in [-0.4, -0.2) is 39.2 Å². The lowest BCUT2D eigenvalue weighted by atomic mass is 10.2. The van der Waals surface area contributed by atoms with E-state index in [1.54, 1.807) is 17.8 Å². The number of methoxy groups -OCH3 is 1. The number of hydrogen-bond acceptors (Lipinski definition) is 8. The molecule has 7 nitrogen and oxygen atoms in total. The first-order chi connectivity index (χ1) is 9.24. The van der Waals surface area contributed by atoms with Gasteiger partial charge in [-0.05, 0) is 18.4 Å². The lowest BCUT2D eigenvalue weighted by Gasteiger charge is -2.03. The molecule has 0 unspecified atom stereocenters. The Morgan fingerprint density at radius 2 is 2.32 bits per heavy atom. The second-order valence-electron chi connectivity index (χ2n) is 3.79. The molecule has 0 saturated heterocycles. The molecule has 2 heterocycles. The Kier molecular flexibility index (Phi) is 4.69. The molecule has 2 N–H and O–H groups in total. The summed E-state index contributed by atoms with van der Waals surface area (Å²) < 4.78 is 10.2. The molecule has 102 valence electrons. The van der Waals surface area contributed by atoms with E-state index in [-0.39, 0.29) is 6.04 Å². The molecule has 2 aromatic heterocycles. The number of nitrogens with zero attached hydrogens (tertiary/aromatic N) is 4. The van der Waals surface area contributed by atoms with Crippen LogP contribution in [0.2, 0.25) is 0 Å². The van der Waals surface area contributed by atoms with Crippen molar-refractivity contribution < 1.29 is 9.26 Å². The van der Waals surface area contributed by atoms with Gasteiger partial charge in [0.2, 0.25) is 17.6 Å². The minimum atomic E-state index is -0.252. The van der Waals surface area contributed by atoms with Crippen LogP contribution < -0.4 is 10.5 Å². The van der Waals surface area contributed by atoms with Crippen LogP contribution in [0.15, 0.2) is 16.9 Å². The third-order valence-electron chi connectivity index (χ3n) is 2.47. The van der Waals surface area contributed by atoms with Gasteiger partial charge in [-0.1, -0.05) is 5.16 Å². The van der Waals surface area contributed by atoms with E-state index in [1.165, 1.54) is 13.4 Å². The summed E-state index contributed by atoms with van der Waals surface area (Å²) in [5.41, 5.74) is 6.50. The van der Waals surface area contributed by atoms with E-state index in [2.05, 4.69) is 20.1 Å². The minimum Gasteiger partial charge on any atom is -0.481 e. The lowest BCUT2D eigenvalue weighted by molar-refractivity contribution is 0.353. The van der Waals surface area contributed by atoms with Gasteiger partial charge in [0.1, 0.15) is 12.0 Å². The Morgan fingerprint density at radius 1 is 1.47 bits per heavy atom. The molecule has 0 fully saturated rings. The van der Waals surface area contributed by atoms with Crippen molar-refractivity contribution in [2.75, 3.05) is 19.1 Å². The Hall–Kier alpha value is -1.67. The lowest BCUT2D eigenvalue weighted by Crippen LogP contribution is -2.11. The van der Waals surface area contributed by atoms with Crippen LogP contribution >= 0.6 is 11.8 Å². The van der Waals surface area contributed by atoms with Gasteiger partial charge in [-0.25, -0.2) is 9.97 Å². The van der Waals surface area contributed by atoms with Gasteiger partial charge >= 0.3 is 0 Å². The first-order valence-electron chi connectivity index (χ1n) is 5.69. The topological polar surface area (TPSA) is 100.0 Å². The predicted octanol–water partition coefficient (Wildman–Crippen LogP) is 1.29. The molecule has 19 heavy (non-hydrogen) atoms. The van der Waals surface area contributed by atoms with E-state index < -0.39 is 0 Å². The monoisotopic (exact) mass is 281 g/mol. The molecular formula is C11H15N5O2S. The normalized spacial score (nSPS) is 12.4. The van der Waals surface area contributed by atoms with E-state index in [0.717, 1.165) is 12.2 Å². The summed E-state index contributed by atoms with van der Waals surface area (Å²) >= 11 is 1.73. The average molecular weight is 281 g/mol. The standard InChI is InChI=1S/C11H15N5O2S/c1-17-9-5-8(13-6-14-9)10-15-11(18-16-10)7(12)3-4-19-2/h5-7H,3-4,12H2,1-2H3/t7-/m1/s1. The number of rotatable bonds is 6. The van der Waals surface area contributed by atoms with Crippen molar-refractivity contribution in [3.05, 3.63) is 18.3 Å². The van der Waals surface area contributed by atoms with Gasteiger partial charge in [-0.15, -0.1) is 0 Å². The fraction of sp³-hybridized carbons (Fsp3) is 0.455. The molecule has 0 aromatic carbocycles. The number of aromatic nitrogens is 4. The Balaban J connectivity index is 2.15. The first kappa shape index (κ1) is 13.8. The SMILES string of the molecule is COc1cc(-c2noc([C@H](N)CCSC)n2)ncn1. The first-order valence-corrected chi connectivity index (χ1v) is 7.08. The Morgan fingerprint density at radius 3 is 3.05 bits per heavy atom. The Labute approximate surface area is 115 Å². The average Bonchev–Trinajstić information content (AvgIpc) is 2.94. The van der Waals surface area contributed by atoms with Crippen molar-refractivity contribution in [1.82, 2.24) is 20.1 Å². The quantitative estimate of drug-likeness (QED) is 0.845. The van der Waals surface area contributed by atoms with E-state index in [0.29, 0.717) is 23.3 Å². The molecule has 2 rings (SSSR count). The molecule has 0 bridgehead atoms. The molecule has 0 aliphatic carbocycles. The van der Waals surface area contributed by atoms with Gasteiger partial charge in [0, 0.05) is 6.07 Å². The van der Waals surface area contributed by atoms with E-state index >= 15 is 0 Å². The third-order valence-corrected chi connectivity index (χ3v) is 3.12. The number of hydrogen-bond donors (Lipinski definition) is 1. The number of thioether (sulfide) groups is 1. The highest BCUT2D eigenvalue weighted by Gasteiger charge is 2.16. The summed E-state index contributed by atoms with van der Waals surface area (Å²) in [4.78, 5) is 12.2. The van der Waals surface area contributed by atoms with Crippen molar-refractivity contribution in [2.24, 2.45) is 5.73 Å². The van der Waals surface area contributed by atoms with Gasteiger partial charge in [-0.3, -0.25) is 0 Å². The van der Waals surface area contributed by atoms with Crippen molar-refractivity contribution >= 4 is 11.8 Å². The number of nitrogens with two attached hydrogens (primary N) is 1. The second-order valence-corrected chi connectivity index (χ2v) is 4.78. The molecule has 0 spiro atoms. The molecule has 0 radical (unpaired) electrons. The van der Waals surface area contributed by atoms with E-state index in [4.69, 9.17) is 15.0 Å². The van der Waals surface area contributed by atoms with Gasteiger partial charge in [0.05, 0.1) is 13.2 Å².